The van der Waals surface area contributed by atoms with Crippen LogP contribution < -0.4 is 5.56 Å². The Bertz CT molecular complexity index is 1320. The van der Waals surface area contributed by atoms with Crippen LogP contribution in [0.15, 0.2) is 65.8 Å². The van der Waals surface area contributed by atoms with Gasteiger partial charge in [0.15, 0.2) is 5.56 Å². The minimum Gasteiger partial charge on any atom is -0.506 e. The lowest BCUT2D eigenvalue weighted by Gasteiger charge is -2.16. The molecular formula is C23H18FN3O4. The van der Waals surface area contributed by atoms with Crippen molar-refractivity contribution >= 4 is 17.0 Å². The summed E-state index contributed by atoms with van der Waals surface area (Å²) in [5.41, 5.74) is 0.769. The second-order valence-corrected chi connectivity index (χ2v) is 6.76. The van der Waals surface area contributed by atoms with Crippen LogP contribution >= 0.6 is 0 Å². The summed E-state index contributed by atoms with van der Waals surface area (Å²) in [7, 11) is 0. The highest BCUT2D eigenvalue weighted by Crippen LogP contribution is 2.35. The van der Waals surface area contributed by atoms with E-state index in [0.717, 1.165) is 0 Å². The average Bonchev–Trinajstić information content (AvgIpc) is 2.78. The number of halogens is 1. The molecule has 3 aromatic heterocycles. The maximum Gasteiger partial charge on any atom is 0.347 e. The van der Waals surface area contributed by atoms with E-state index in [-0.39, 0.29) is 24.2 Å². The van der Waals surface area contributed by atoms with Gasteiger partial charge >= 0.3 is 5.97 Å². The fourth-order valence-corrected chi connectivity index (χ4v) is 3.42. The third kappa shape index (κ3) is 3.75. The molecule has 0 saturated heterocycles. The fraction of sp³-hybridized carbons (Fsp3) is 0.130. The molecule has 4 rings (SSSR count). The maximum absolute atomic E-state index is 13.4. The average molecular weight is 419 g/mol. The van der Waals surface area contributed by atoms with E-state index in [1.54, 1.807) is 49.6 Å². The van der Waals surface area contributed by atoms with Crippen molar-refractivity contribution in [3.63, 3.8) is 0 Å². The lowest BCUT2D eigenvalue weighted by molar-refractivity contribution is 0.0520. The molecule has 0 amide bonds. The predicted octanol–water partition coefficient (Wildman–Crippen LogP) is 3.53. The highest BCUT2D eigenvalue weighted by atomic mass is 19.1. The van der Waals surface area contributed by atoms with E-state index in [1.165, 1.54) is 22.9 Å². The number of nitrogens with zero attached hydrogens (tertiary/aromatic N) is 3. The molecule has 1 N–H and O–H groups in total. The summed E-state index contributed by atoms with van der Waals surface area (Å²) in [6.07, 6.45) is 4.69. The number of ether oxygens (including phenoxy) is 1. The molecule has 0 unspecified atom stereocenters. The number of esters is 1. The zero-order valence-corrected chi connectivity index (χ0v) is 16.6. The molecule has 0 spiro atoms. The molecule has 1 aromatic carbocycles. The summed E-state index contributed by atoms with van der Waals surface area (Å²) in [6, 6.07) is 10.8. The van der Waals surface area contributed by atoms with Crippen molar-refractivity contribution in [2.75, 3.05) is 6.61 Å². The van der Waals surface area contributed by atoms with E-state index in [0.29, 0.717) is 16.7 Å². The van der Waals surface area contributed by atoms with Gasteiger partial charge in [-0.05, 0) is 47.9 Å². The molecule has 0 radical (unpaired) electrons. The number of carbonyl (C=O) groups excluding carboxylic acids is 1. The Balaban J connectivity index is 2.06. The van der Waals surface area contributed by atoms with Gasteiger partial charge in [-0.3, -0.25) is 14.3 Å². The Morgan fingerprint density at radius 1 is 1.16 bits per heavy atom. The normalized spacial score (nSPS) is 10.9. The summed E-state index contributed by atoms with van der Waals surface area (Å²) in [4.78, 5) is 34.1. The van der Waals surface area contributed by atoms with Crippen LogP contribution in [-0.2, 0) is 11.3 Å². The number of fused-ring (bicyclic) bond motifs is 1. The summed E-state index contributed by atoms with van der Waals surface area (Å²) < 4.78 is 19.7. The molecule has 3 heterocycles. The van der Waals surface area contributed by atoms with Gasteiger partial charge in [0.25, 0.3) is 5.56 Å². The first kappa shape index (κ1) is 20.2. The highest BCUT2D eigenvalue weighted by molar-refractivity contribution is 6.04. The number of hydrogen-bond acceptors (Lipinski definition) is 6. The Kier molecular flexibility index (Phi) is 5.44. The van der Waals surface area contributed by atoms with Crippen LogP contribution in [0.1, 0.15) is 22.8 Å². The van der Waals surface area contributed by atoms with E-state index < -0.39 is 28.7 Å². The number of aromatic nitrogens is 3. The summed E-state index contributed by atoms with van der Waals surface area (Å²) >= 11 is 0. The maximum atomic E-state index is 13.4. The molecule has 4 aromatic rings. The van der Waals surface area contributed by atoms with E-state index >= 15 is 0 Å². The predicted molar refractivity (Wildman–Crippen MR) is 112 cm³/mol. The van der Waals surface area contributed by atoms with Crippen LogP contribution in [-0.4, -0.2) is 32.2 Å². The largest absolute Gasteiger partial charge is 0.506 e. The zero-order chi connectivity index (χ0) is 22.0. The molecule has 8 heteroatoms. The first-order chi connectivity index (χ1) is 15.0. The van der Waals surface area contributed by atoms with Gasteiger partial charge in [0.1, 0.15) is 17.2 Å². The van der Waals surface area contributed by atoms with E-state index in [2.05, 4.69) is 9.97 Å². The van der Waals surface area contributed by atoms with E-state index in [1.807, 2.05) is 0 Å². The number of pyridine rings is 3. The second kappa shape index (κ2) is 8.35. The van der Waals surface area contributed by atoms with Gasteiger partial charge in [0.05, 0.1) is 18.5 Å². The SMILES string of the molecule is CCOC(=O)c1c(O)c2c(-c3ccc(F)cc3)ccnc2n(Cc2cccnc2)c1=O. The van der Waals surface area contributed by atoms with Gasteiger partial charge in [-0.25, -0.2) is 14.2 Å². The Hall–Kier alpha value is -4.07. The van der Waals surface area contributed by atoms with Crippen molar-refractivity contribution in [2.24, 2.45) is 0 Å². The quantitative estimate of drug-likeness (QED) is 0.498. The molecule has 0 saturated carbocycles. The van der Waals surface area contributed by atoms with Gasteiger partial charge in [0.2, 0.25) is 0 Å². The smallest absolute Gasteiger partial charge is 0.347 e. The van der Waals surface area contributed by atoms with Gasteiger partial charge in [-0.2, -0.15) is 0 Å². The van der Waals surface area contributed by atoms with Crippen molar-refractivity contribution in [1.29, 1.82) is 0 Å². The lowest BCUT2D eigenvalue weighted by atomic mass is 10.0. The molecule has 7 nitrogen and oxygen atoms in total. The van der Waals surface area contributed by atoms with Crippen molar-refractivity contribution < 1.29 is 19.0 Å². The zero-order valence-electron chi connectivity index (χ0n) is 16.6. The molecule has 0 aliphatic heterocycles. The number of carbonyl (C=O) groups is 1. The number of aromatic hydroxyl groups is 1. The Labute approximate surface area is 176 Å². The standard InChI is InChI=1S/C23H18FN3O4/c1-2-31-23(30)19-20(28)18-17(15-5-7-16(24)8-6-15)9-11-26-21(18)27(22(19)29)13-14-4-3-10-25-12-14/h3-12,28H,2,13H2,1H3. The molecule has 0 bridgehead atoms. The molecule has 0 aliphatic carbocycles. The minimum absolute atomic E-state index is 0.0379. The molecular weight excluding hydrogens is 401 g/mol. The third-order valence-electron chi connectivity index (χ3n) is 4.82. The Morgan fingerprint density at radius 2 is 1.94 bits per heavy atom. The summed E-state index contributed by atoms with van der Waals surface area (Å²) in [6.45, 7) is 1.72. The topological polar surface area (TPSA) is 94.3 Å². The first-order valence-corrected chi connectivity index (χ1v) is 9.57. The van der Waals surface area contributed by atoms with Crippen molar-refractivity contribution in [3.8, 4) is 16.9 Å². The minimum atomic E-state index is -0.930. The van der Waals surface area contributed by atoms with Crippen molar-refractivity contribution in [1.82, 2.24) is 14.5 Å². The molecule has 0 fully saturated rings. The summed E-state index contributed by atoms with van der Waals surface area (Å²) in [5.74, 6) is -1.86. The van der Waals surface area contributed by atoms with Crippen molar-refractivity contribution in [3.05, 3.63) is 88.4 Å². The molecule has 156 valence electrons. The van der Waals surface area contributed by atoms with Gasteiger partial charge in [-0.15, -0.1) is 0 Å². The second-order valence-electron chi connectivity index (χ2n) is 6.76. The molecule has 31 heavy (non-hydrogen) atoms. The fourth-order valence-electron chi connectivity index (χ4n) is 3.42. The van der Waals surface area contributed by atoms with E-state index in [9.17, 15) is 19.1 Å². The van der Waals surface area contributed by atoms with Crippen molar-refractivity contribution in [2.45, 2.75) is 13.5 Å². The van der Waals surface area contributed by atoms with Gasteiger partial charge < -0.3 is 9.84 Å². The monoisotopic (exact) mass is 419 g/mol. The van der Waals surface area contributed by atoms with Crippen LogP contribution in [0, 0.1) is 5.82 Å². The van der Waals surface area contributed by atoms with Crippen LogP contribution in [0.2, 0.25) is 0 Å². The van der Waals surface area contributed by atoms with Gasteiger partial charge in [0, 0.05) is 18.6 Å². The van der Waals surface area contributed by atoms with Crippen LogP contribution in [0.5, 0.6) is 5.75 Å². The van der Waals surface area contributed by atoms with Gasteiger partial charge in [-0.1, -0.05) is 18.2 Å². The summed E-state index contributed by atoms with van der Waals surface area (Å²) in [5, 5.41) is 11.2. The van der Waals surface area contributed by atoms with Crippen LogP contribution in [0.25, 0.3) is 22.2 Å². The van der Waals surface area contributed by atoms with Crippen LogP contribution in [0.3, 0.4) is 0 Å². The molecule has 0 atom stereocenters. The highest BCUT2D eigenvalue weighted by Gasteiger charge is 2.26. The number of benzene rings is 1. The number of rotatable bonds is 5. The van der Waals surface area contributed by atoms with Crippen LogP contribution in [0.4, 0.5) is 4.39 Å². The Morgan fingerprint density at radius 3 is 2.61 bits per heavy atom. The number of hydrogen-bond donors (Lipinski definition) is 1. The molecule has 0 aliphatic rings. The third-order valence-corrected chi connectivity index (χ3v) is 4.82. The first-order valence-electron chi connectivity index (χ1n) is 9.57. The lowest BCUT2D eigenvalue weighted by Crippen LogP contribution is -2.29. The van der Waals surface area contributed by atoms with E-state index in [4.69, 9.17) is 4.74 Å².